The van der Waals surface area contributed by atoms with Crippen molar-refractivity contribution in [2.24, 2.45) is 23.2 Å². The van der Waals surface area contributed by atoms with E-state index in [1.165, 1.54) is 12.8 Å². The van der Waals surface area contributed by atoms with Crippen molar-refractivity contribution in [1.29, 1.82) is 0 Å². The third kappa shape index (κ3) is 1.87. The van der Waals surface area contributed by atoms with Gasteiger partial charge in [0.05, 0.1) is 0 Å². The van der Waals surface area contributed by atoms with Crippen molar-refractivity contribution >= 4 is 18.5 Å². The highest BCUT2D eigenvalue weighted by molar-refractivity contribution is 7.19. The first-order valence-corrected chi connectivity index (χ1v) is 10.5. The van der Waals surface area contributed by atoms with Crippen molar-refractivity contribution in [3.05, 3.63) is 0 Å². The molecule has 0 radical (unpaired) electrons. The molecule has 0 heterocycles. The molecule has 0 aromatic rings. The van der Waals surface area contributed by atoms with E-state index in [0.717, 1.165) is 24.0 Å². The van der Waals surface area contributed by atoms with Gasteiger partial charge in [0.2, 0.25) is 0 Å². The highest BCUT2D eigenvalue weighted by atomic mass is 35.6. The van der Waals surface area contributed by atoms with Crippen LogP contribution < -0.4 is 0 Å². The molecule has 16 heavy (non-hydrogen) atoms. The standard InChI is InChI=1S/C13H25ClOSi/c1-13(2)9-6-11(13)10(8-15-3)12(7-9)16(4,5)14/h9-12H,6-8H2,1-5H3. The molecule has 1 nitrogen and oxygen atoms in total. The fourth-order valence-corrected chi connectivity index (χ4v) is 7.10. The van der Waals surface area contributed by atoms with Gasteiger partial charge in [-0.05, 0) is 41.6 Å². The van der Waals surface area contributed by atoms with Crippen LogP contribution in [-0.2, 0) is 4.74 Å². The predicted octanol–water partition coefficient (Wildman–Crippen LogP) is 4.13. The Bertz CT molecular complexity index is 272. The van der Waals surface area contributed by atoms with Crippen LogP contribution in [-0.4, -0.2) is 21.1 Å². The van der Waals surface area contributed by atoms with Gasteiger partial charge in [-0.1, -0.05) is 26.9 Å². The van der Waals surface area contributed by atoms with Crippen LogP contribution in [0.4, 0.5) is 0 Å². The number of hydrogen-bond acceptors (Lipinski definition) is 1. The summed E-state index contributed by atoms with van der Waals surface area (Å²) in [6.07, 6.45) is 2.76. The number of hydrogen-bond donors (Lipinski definition) is 0. The molecule has 94 valence electrons. The molecule has 3 aliphatic rings. The average molecular weight is 261 g/mol. The molecule has 4 atom stereocenters. The van der Waals surface area contributed by atoms with Crippen molar-refractivity contribution in [2.45, 2.75) is 45.3 Å². The first-order valence-electron chi connectivity index (χ1n) is 6.46. The summed E-state index contributed by atoms with van der Waals surface area (Å²) in [5.41, 5.74) is 1.29. The first kappa shape index (κ1) is 12.9. The minimum atomic E-state index is -1.54. The Labute approximate surface area is 106 Å². The Morgan fingerprint density at radius 2 is 1.94 bits per heavy atom. The Hall–Kier alpha value is 0.467. The second kappa shape index (κ2) is 3.99. The van der Waals surface area contributed by atoms with Crippen LogP contribution in [0.2, 0.25) is 18.6 Å². The third-order valence-corrected chi connectivity index (χ3v) is 8.63. The Morgan fingerprint density at radius 1 is 1.31 bits per heavy atom. The maximum Gasteiger partial charge on any atom is 0.153 e. The molecule has 0 aromatic carbocycles. The lowest BCUT2D eigenvalue weighted by molar-refractivity contribution is -0.120. The molecule has 3 saturated carbocycles. The Morgan fingerprint density at radius 3 is 2.38 bits per heavy atom. The zero-order chi connectivity index (χ0) is 12.1. The van der Waals surface area contributed by atoms with E-state index in [4.69, 9.17) is 15.8 Å². The summed E-state index contributed by atoms with van der Waals surface area (Å²) < 4.78 is 5.46. The fourth-order valence-electron chi connectivity index (χ4n) is 4.16. The molecule has 0 N–H and O–H groups in total. The molecular weight excluding hydrogens is 236 g/mol. The number of methoxy groups -OCH3 is 1. The maximum absolute atomic E-state index is 6.70. The molecule has 0 spiro atoms. The van der Waals surface area contributed by atoms with Gasteiger partial charge in [0.1, 0.15) is 0 Å². The summed E-state index contributed by atoms with van der Waals surface area (Å²) in [5.74, 6) is 2.48. The summed E-state index contributed by atoms with van der Waals surface area (Å²) in [5, 5.41) is 0. The SMILES string of the molecule is COCC1C2CC(CC1[Si](C)(C)Cl)C2(C)C. The summed E-state index contributed by atoms with van der Waals surface area (Å²) in [6.45, 7) is 10.4. The van der Waals surface area contributed by atoms with Crippen LogP contribution in [0.1, 0.15) is 26.7 Å². The van der Waals surface area contributed by atoms with E-state index in [1.807, 2.05) is 7.11 Å². The second-order valence-corrected chi connectivity index (χ2v) is 13.7. The lowest BCUT2D eigenvalue weighted by Gasteiger charge is -2.64. The predicted molar refractivity (Wildman–Crippen MR) is 72.4 cm³/mol. The third-order valence-electron chi connectivity index (χ3n) is 5.36. The van der Waals surface area contributed by atoms with Crippen molar-refractivity contribution in [3.63, 3.8) is 0 Å². The monoisotopic (exact) mass is 260 g/mol. The van der Waals surface area contributed by atoms with Crippen molar-refractivity contribution in [3.8, 4) is 0 Å². The zero-order valence-electron chi connectivity index (χ0n) is 11.2. The van der Waals surface area contributed by atoms with E-state index in [-0.39, 0.29) is 0 Å². The van der Waals surface area contributed by atoms with E-state index >= 15 is 0 Å². The van der Waals surface area contributed by atoms with E-state index in [9.17, 15) is 0 Å². The average Bonchev–Trinajstić information content (AvgIpc) is 2.16. The second-order valence-electron chi connectivity index (χ2n) is 6.89. The van der Waals surface area contributed by atoms with Gasteiger partial charge < -0.3 is 4.74 Å². The minimum Gasteiger partial charge on any atom is -0.384 e. The largest absolute Gasteiger partial charge is 0.384 e. The van der Waals surface area contributed by atoms with Gasteiger partial charge in [-0.2, -0.15) is 11.1 Å². The summed E-state index contributed by atoms with van der Waals surface area (Å²) in [7, 11) is 0.293. The topological polar surface area (TPSA) is 9.23 Å². The molecule has 3 fully saturated rings. The van der Waals surface area contributed by atoms with Gasteiger partial charge in [0.15, 0.2) is 7.38 Å². The van der Waals surface area contributed by atoms with Gasteiger partial charge >= 0.3 is 0 Å². The van der Waals surface area contributed by atoms with Crippen molar-refractivity contribution < 1.29 is 4.74 Å². The Kier molecular flexibility index (Phi) is 3.22. The molecule has 0 aromatic heterocycles. The van der Waals surface area contributed by atoms with Crippen LogP contribution in [0, 0.1) is 23.2 Å². The van der Waals surface area contributed by atoms with Gasteiger partial charge in [-0.15, -0.1) is 0 Å². The van der Waals surface area contributed by atoms with Crippen molar-refractivity contribution in [2.75, 3.05) is 13.7 Å². The highest BCUT2D eigenvalue weighted by Crippen LogP contribution is 2.66. The van der Waals surface area contributed by atoms with E-state index in [2.05, 4.69) is 26.9 Å². The molecule has 3 heteroatoms. The fraction of sp³-hybridized carbons (Fsp3) is 1.00. The lowest BCUT2D eigenvalue weighted by Crippen LogP contribution is -2.58. The molecule has 2 bridgehead atoms. The molecule has 0 saturated heterocycles. The molecule has 3 aliphatic carbocycles. The van der Waals surface area contributed by atoms with Gasteiger partial charge in [0.25, 0.3) is 0 Å². The van der Waals surface area contributed by atoms with Crippen LogP contribution in [0.25, 0.3) is 0 Å². The molecule has 3 rings (SSSR count). The highest BCUT2D eigenvalue weighted by Gasteiger charge is 2.60. The molecule has 0 aliphatic heterocycles. The Balaban J connectivity index is 2.18. The first-order chi connectivity index (χ1) is 7.28. The normalized spacial score (nSPS) is 41.6. The quantitative estimate of drug-likeness (QED) is 0.548. The van der Waals surface area contributed by atoms with Crippen LogP contribution >= 0.6 is 11.1 Å². The van der Waals surface area contributed by atoms with Gasteiger partial charge in [-0.25, -0.2) is 0 Å². The lowest BCUT2D eigenvalue weighted by atomic mass is 9.45. The number of ether oxygens (including phenoxy) is 1. The summed E-state index contributed by atoms with van der Waals surface area (Å²) >= 11 is 6.70. The number of halogens is 1. The van der Waals surface area contributed by atoms with Crippen LogP contribution in [0.3, 0.4) is 0 Å². The minimum absolute atomic E-state index is 0.538. The van der Waals surface area contributed by atoms with Crippen LogP contribution in [0.5, 0.6) is 0 Å². The molecular formula is C13H25ClOSi. The smallest absolute Gasteiger partial charge is 0.153 e. The number of fused-ring (bicyclic) bond motifs is 2. The zero-order valence-corrected chi connectivity index (χ0v) is 13.0. The van der Waals surface area contributed by atoms with Crippen LogP contribution in [0.15, 0.2) is 0 Å². The van der Waals surface area contributed by atoms with Crippen molar-refractivity contribution in [1.82, 2.24) is 0 Å². The van der Waals surface area contributed by atoms with E-state index in [1.54, 1.807) is 0 Å². The van der Waals surface area contributed by atoms with E-state index in [0.29, 0.717) is 11.3 Å². The van der Waals surface area contributed by atoms with E-state index < -0.39 is 7.38 Å². The van der Waals surface area contributed by atoms with Gasteiger partial charge in [-0.3, -0.25) is 0 Å². The number of rotatable bonds is 3. The molecule has 0 amide bonds. The maximum atomic E-state index is 6.70. The summed E-state index contributed by atoms with van der Waals surface area (Å²) in [4.78, 5) is 0. The molecule has 4 unspecified atom stereocenters. The summed E-state index contributed by atoms with van der Waals surface area (Å²) in [6, 6.07) is 0. The van der Waals surface area contributed by atoms with Gasteiger partial charge in [0, 0.05) is 13.7 Å².